The van der Waals surface area contributed by atoms with Crippen molar-refractivity contribution in [3.63, 3.8) is 0 Å². The van der Waals surface area contributed by atoms with E-state index in [4.69, 9.17) is 15.0 Å². The molecule has 0 spiro atoms. The zero-order valence-electron chi connectivity index (χ0n) is 33.3. The van der Waals surface area contributed by atoms with Gasteiger partial charge in [-0.3, -0.25) is 4.98 Å². The monoisotopic (exact) mass is 852 g/mol. The van der Waals surface area contributed by atoms with Crippen molar-refractivity contribution in [2.24, 2.45) is 0 Å². The average Bonchev–Trinajstić information content (AvgIpc) is 3.83. The number of aromatic nitrogens is 6. The summed E-state index contributed by atoms with van der Waals surface area (Å²) < 4.78 is 88.6. The second-order valence-corrected chi connectivity index (χ2v) is 15.3. The van der Waals surface area contributed by atoms with Crippen molar-refractivity contribution in [2.45, 2.75) is 12.4 Å². The van der Waals surface area contributed by atoms with Crippen LogP contribution < -0.4 is 0 Å². The molecule has 4 aromatic heterocycles. The first-order chi connectivity index (χ1) is 31.0. The van der Waals surface area contributed by atoms with Gasteiger partial charge in [0, 0.05) is 61.9 Å². The van der Waals surface area contributed by atoms with Crippen LogP contribution in [0.3, 0.4) is 0 Å². The Morgan fingerprint density at radius 1 is 0.375 bits per heavy atom. The summed E-state index contributed by atoms with van der Waals surface area (Å²) in [4.78, 5) is 19.6. The molecule has 0 aliphatic heterocycles. The van der Waals surface area contributed by atoms with Crippen LogP contribution in [0, 0.1) is 0 Å². The van der Waals surface area contributed by atoms with E-state index in [1.54, 1.807) is 36.7 Å². The molecule has 310 valence electrons. The Bertz CT molecular complexity index is 3540. The van der Waals surface area contributed by atoms with Crippen LogP contribution in [0.1, 0.15) is 11.1 Å². The highest BCUT2D eigenvalue weighted by Gasteiger charge is 2.33. The van der Waals surface area contributed by atoms with Gasteiger partial charge in [0.2, 0.25) is 0 Å². The fourth-order valence-electron chi connectivity index (χ4n) is 8.64. The normalized spacial score (nSPS) is 12.2. The molecule has 64 heavy (non-hydrogen) atoms. The first kappa shape index (κ1) is 38.8. The molecule has 0 N–H and O–H groups in total. The largest absolute Gasteiger partial charge is 0.416 e. The lowest BCUT2D eigenvalue weighted by Crippen LogP contribution is -2.05. The molecule has 4 heterocycles. The number of fused-ring (bicyclic) bond motifs is 6. The van der Waals surface area contributed by atoms with Gasteiger partial charge in [-0.05, 0) is 78.4 Å². The highest BCUT2D eigenvalue weighted by Crippen LogP contribution is 2.43. The zero-order valence-corrected chi connectivity index (χ0v) is 33.3. The van der Waals surface area contributed by atoms with Gasteiger partial charge >= 0.3 is 12.4 Å². The first-order valence-corrected chi connectivity index (χ1v) is 20.2. The Labute approximate surface area is 360 Å². The fourth-order valence-corrected chi connectivity index (χ4v) is 8.64. The summed E-state index contributed by atoms with van der Waals surface area (Å²) in [5.41, 5.74) is 5.44. The third-order valence-corrected chi connectivity index (χ3v) is 11.5. The van der Waals surface area contributed by atoms with Crippen LogP contribution in [-0.4, -0.2) is 29.1 Å². The summed E-state index contributed by atoms with van der Waals surface area (Å²) in [6.45, 7) is 0. The number of pyridine rings is 1. The maximum atomic E-state index is 14.1. The third kappa shape index (κ3) is 6.53. The van der Waals surface area contributed by atoms with Crippen molar-refractivity contribution < 1.29 is 26.3 Å². The van der Waals surface area contributed by atoms with Crippen molar-refractivity contribution >= 4 is 43.6 Å². The van der Waals surface area contributed by atoms with E-state index in [1.165, 1.54) is 24.3 Å². The van der Waals surface area contributed by atoms with E-state index >= 15 is 0 Å². The highest BCUT2D eigenvalue weighted by molar-refractivity contribution is 6.11. The van der Waals surface area contributed by atoms with Crippen LogP contribution in [0.15, 0.2) is 182 Å². The minimum absolute atomic E-state index is 0.332. The number of benzene rings is 7. The molecule has 0 aliphatic carbocycles. The zero-order chi connectivity index (χ0) is 43.7. The van der Waals surface area contributed by atoms with Gasteiger partial charge in [0.05, 0.1) is 38.9 Å². The predicted octanol–water partition coefficient (Wildman–Crippen LogP) is 14.2. The van der Waals surface area contributed by atoms with Crippen molar-refractivity contribution in [2.75, 3.05) is 0 Å². The van der Waals surface area contributed by atoms with Gasteiger partial charge in [-0.1, -0.05) is 97.1 Å². The van der Waals surface area contributed by atoms with Crippen LogP contribution in [0.5, 0.6) is 0 Å². The smallest absolute Gasteiger partial charge is 0.309 e. The first-order valence-electron chi connectivity index (χ1n) is 20.2. The Balaban J connectivity index is 1.22. The van der Waals surface area contributed by atoms with Crippen molar-refractivity contribution in [1.29, 1.82) is 0 Å². The quantitative estimate of drug-likeness (QED) is 0.156. The summed E-state index contributed by atoms with van der Waals surface area (Å²) in [5.74, 6) is 1.19. The molecule has 0 fully saturated rings. The van der Waals surface area contributed by atoms with E-state index in [-0.39, 0.29) is 0 Å². The van der Waals surface area contributed by atoms with Crippen LogP contribution in [0.4, 0.5) is 26.3 Å². The maximum Gasteiger partial charge on any atom is 0.416 e. The van der Waals surface area contributed by atoms with Gasteiger partial charge in [-0.25, -0.2) is 15.0 Å². The van der Waals surface area contributed by atoms with E-state index in [2.05, 4.69) is 4.98 Å². The number of hydrogen-bond acceptors (Lipinski definition) is 4. The number of alkyl halides is 6. The molecular weight excluding hydrogens is 823 g/mol. The number of nitrogens with zero attached hydrogens (tertiary/aromatic N) is 6. The molecule has 0 saturated carbocycles. The topological polar surface area (TPSA) is 61.4 Å². The molecule has 0 atom stereocenters. The van der Waals surface area contributed by atoms with E-state index in [0.29, 0.717) is 89.2 Å². The minimum atomic E-state index is -4.56. The van der Waals surface area contributed by atoms with Gasteiger partial charge in [0.25, 0.3) is 0 Å². The van der Waals surface area contributed by atoms with Crippen molar-refractivity contribution in [3.05, 3.63) is 193 Å². The second kappa shape index (κ2) is 14.8. The Kier molecular flexibility index (Phi) is 8.95. The second-order valence-electron chi connectivity index (χ2n) is 15.3. The van der Waals surface area contributed by atoms with E-state index in [9.17, 15) is 26.3 Å². The van der Waals surface area contributed by atoms with Gasteiger partial charge in [-0.2, -0.15) is 26.3 Å². The van der Waals surface area contributed by atoms with E-state index in [1.807, 2.05) is 118 Å². The SMILES string of the molecule is FC(F)(F)c1ccc2c(c1)c1ccccc1n2-c1ccc(-c2nc(-c3ccccc3)nc(-c3ccccc3)n2)c(-c2cnccc2-n2c3ccccc3c3cc(C(F)(F)F)ccc32)c1. The molecule has 11 rings (SSSR count). The molecule has 0 saturated heterocycles. The summed E-state index contributed by atoms with van der Waals surface area (Å²) in [6.07, 6.45) is -5.78. The molecule has 0 unspecified atom stereocenters. The van der Waals surface area contributed by atoms with E-state index in [0.717, 1.165) is 23.3 Å². The summed E-state index contributed by atoms with van der Waals surface area (Å²) in [5, 5.41) is 2.11. The summed E-state index contributed by atoms with van der Waals surface area (Å²) in [6, 6.07) is 48.6. The Morgan fingerprint density at radius 3 is 1.42 bits per heavy atom. The lowest BCUT2D eigenvalue weighted by atomic mass is 9.97. The van der Waals surface area contributed by atoms with Gasteiger partial charge < -0.3 is 9.13 Å². The predicted molar refractivity (Wildman–Crippen MR) is 238 cm³/mol. The number of para-hydroxylation sites is 2. The average molecular weight is 853 g/mol. The van der Waals surface area contributed by atoms with Crippen LogP contribution in [-0.2, 0) is 12.4 Å². The minimum Gasteiger partial charge on any atom is -0.309 e. The molecule has 11 aromatic rings. The fraction of sp³-hybridized carbons (Fsp3) is 0.0385. The molecule has 7 aromatic carbocycles. The third-order valence-electron chi connectivity index (χ3n) is 11.5. The lowest BCUT2D eigenvalue weighted by Gasteiger charge is -2.18. The molecule has 0 aliphatic rings. The molecule has 0 bridgehead atoms. The lowest BCUT2D eigenvalue weighted by molar-refractivity contribution is -0.138. The van der Waals surface area contributed by atoms with E-state index < -0.39 is 23.5 Å². The number of halogens is 6. The Hall–Kier alpha value is -8.12. The molecule has 0 amide bonds. The van der Waals surface area contributed by atoms with Crippen LogP contribution in [0.2, 0.25) is 0 Å². The van der Waals surface area contributed by atoms with Gasteiger partial charge in [-0.15, -0.1) is 0 Å². The maximum absolute atomic E-state index is 14.1. The van der Waals surface area contributed by atoms with Gasteiger partial charge in [0.15, 0.2) is 17.5 Å². The van der Waals surface area contributed by atoms with Crippen LogP contribution in [0.25, 0.3) is 100 Å². The molecule has 6 nitrogen and oxygen atoms in total. The van der Waals surface area contributed by atoms with Crippen LogP contribution >= 0.6 is 0 Å². The standard InChI is InChI=1S/C52H30F6N6/c53-51(54,55)33-19-23-45-40(27-33)36-15-7-9-17-43(36)63(45)35-21-22-38(50-61-48(31-11-3-1-4-12-31)60-49(62-50)32-13-5-2-6-14-32)39(29-35)42-30-59-26-25-47(42)64-44-18-10-8-16-37(44)41-28-34(52(56,57)58)20-24-46(41)64/h1-30H. The molecule has 12 heteroatoms. The Morgan fingerprint density at radius 2 is 0.859 bits per heavy atom. The molecule has 0 radical (unpaired) electrons. The summed E-state index contributed by atoms with van der Waals surface area (Å²) >= 11 is 0. The highest BCUT2D eigenvalue weighted by atomic mass is 19.4. The van der Waals surface area contributed by atoms with Gasteiger partial charge in [0.1, 0.15) is 0 Å². The van der Waals surface area contributed by atoms with Crippen molar-refractivity contribution in [1.82, 2.24) is 29.1 Å². The van der Waals surface area contributed by atoms with Crippen molar-refractivity contribution in [3.8, 4) is 56.7 Å². The number of hydrogen-bond donors (Lipinski definition) is 0. The summed E-state index contributed by atoms with van der Waals surface area (Å²) in [7, 11) is 0. The molecular formula is C52H30F6N6. The number of rotatable bonds is 6.